The third-order valence-electron chi connectivity index (χ3n) is 3.91. The molecule has 0 aliphatic heterocycles. The van der Waals surface area contributed by atoms with Gasteiger partial charge in [-0.05, 0) is 36.8 Å². The van der Waals surface area contributed by atoms with Crippen molar-refractivity contribution >= 4 is 27.4 Å². The second-order valence-corrected chi connectivity index (χ2v) is 8.30. The van der Waals surface area contributed by atoms with E-state index in [4.69, 9.17) is 11.6 Å². The number of hydrogen-bond donors (Lipinski definition) is 0. The number of benzene rings is 2. The summed E-state index contributed by atoms with van der Waals surface area (Å²) in [7, 11) is -3.70. The molecule has 0 aliphatic carbocycles. The summed E-state index contributed by atoms with van der Waals surface area (Å²) in [6.45, 7) is 3.16. The van der Waals surface area contributed by atoms with E-state index in [2.05, 4.69) is 9.84 Å². The summed E-state index contributed by atoms with van der Waals surface area (Å²) < 4.78 is 30.6. The van der Waals surface area contributed by atoms with E-state index in [1.165, 1.54) is 12.1 Å². The standard InChI is InChI=1S/C19H17ClN2O4S/c1-13-3-7-16(8-4-13)22-11-18(19(20)21-22)15-5-9-17(10-6-15)27(24,25)12-26-14(2)23/h3-11H,12H2,1-2H3. The Bertz CT molecular complexity index is 1070. The Morgan fingerprint density at radius 3 is 2.33 bits per heavy atom. The Balaban J connectivity index is 1.87. The molecule has 27 heavy (non-hydrogen) atoms. The van der Waals surface area contributed by atoms with Crippen molar-refractivity contribution in [2.24, 2.45) is 0 Å². The summed E-state index contributed by atoms with van der Waals surface area (Å²) in [6, 6.07) is 14.0. The lowest BCUT2D eigenvalue weighted by Gasteiger charge is -2.05. The molecule has 6 nitrogen and oxygen atoms in total. The summed E-state index contributed by atoms with van der Waals surface area (Å²) in [5, 5.41) is 4.62. The molecule has 0 saturated heterocycles. The molecule has 0 radical (unpaired) electrons. The fraction of sp³-hybridized carbons (Fsp3) is 0.158. The third-order valence-corrected chi connectivity index (χ3v) is 5.61. The van der Waals surface area contributed by atoms with Gasteiger partial charge in [0.15, 0.2) is 11.1 Å². The van der Waals surface area contributed by atoms with Gasteiger partial charge in [-0.2, -0.15) is 5.10 Å². The normalized spacial score (nSPS) is 11.4. The predicted octanol–water partition coefficient (Wildman–Crippen LogP) is 3.80. The van der Waals surface area contributed by atoms with Gasteiger partial charge in [0.25, 0.3) is 0 Å². The number of esters is 1. The van der Waals surface area contributed by atoms with Crippen LogP contribution in [0.3, 0.4) is 0 Å². The summed E-state index contributed by atoms with van der Waals surface area (Å²) >= 11 is 6.27. The van der Waals surface area contributed by atoms with Crippen LogP contribution in [0.1, 0.15) is 12.5 Å². The average molecular weight is 405 g/mol. The van der Waals surface area contributed by atoms with Crippen molar-refractivity contribution in [1.82, 2.24) is 9.78 Å². The van der Waals surface area contributed by atoms with E-state index in [0.29, 0.717) is 10.7 Å². The minimum atomic E-state index is -3.70. The fourth-order valence-corrected chi connectivity index (χ4v) is 3.69. The van der Waals surface area contributed by atoms with Crippen LogP contribution in [-0.4, -0.2) is 30.1 Å². The Kier molecular flexibility index (Phi) is 5.34. The molecule has 0 atom stereocenters. The van der Waals surface area contributed by atoms with Gasteiger partial charge in [0.1, 0.15) is 0 Å². The maximum absolute atomic E-state index is 12.1. The van der Waals surface area contributed by atoms with Gasteiger partial charge in [-0.25, -0.2) is 13.1 Å². The van der Waals surface area contributed by atoms with Crippen molar-refractivity contribution in [3.63, 3.8) is 0 Å². The minimum Gasteiger partial charge on any atom is -0.449 e. The van der Waals surface area contributed by atoms with Gasteiger partial charge in [0.05, 0.1) is 10.6 Å². The Labute approximate surface area is 162 Å². The molecule has 8 heteroatoms. The zero-order valence-electron chi connectivity index (χ0n) is 14.7. The quantitative estimate of drug-likeness (QED) is 0.604. The van der Waals surface area contributed by atoms with E-state index in [1.807, 2.05) is 31.2 Å². The molecule has 140 valence electrons. The maximum atomic E-state index is 12.1. The number of halogens is 1. The zero-order valence-corrected chi connectivity index (χ0v) is 16.3. The molecular formula is C19H17ClN2O4S. The molecule has 1 heterocycles. The molecule has 0 fully saturated rings. The molecule has 1 aromatic heterocycles. The molecule has 0 saturated carbocycles. The molecule has 0 spiro atoms. The number of ether oxygens (including phenoxy) is 1. The number of carbonyl (C=O) groups is 1. The van der Waals surface area contributed by atoms with Gasteiger partial charge >= 0.3 is 5.97 Å². The molecule has 0 N–H and O–H groups in total. The van der Waals surface area contributed by atoms with Crippen LogP contribution < -0.4 is 0 Å². The number of nitrogens with zero attached hydrogens (tertiary/aromatic N) is 2. The SMILES string of the molecule is CC(=O)OCS(=O)(=O)c1ccc(-c2cn(-c3ccc(C)cc3)nc2Cl)cc1. The molecule has 3 rings (SSSR count). The van der Waals surface area contributed by atoms with Gasteiger partial charge in [0.2, 0.25) is 9.84 Å². The van der Waals surface area contributed by atoms with E-state index < -0.39 is 21.7 Å². The first-order valence-electron chi connectivity index (χ1n) is 8.05. The first-order valence-corrected chi connectivity index (χ1v) is 10.1. The number of carbonyl (C=O) groups excluding carboxylic acids is 1. The molecule has 0 aliphatic rings. The Morgan fingerprint density at radius 2 is 1.74 bits per heavy atom. The summed E-state index contributed by atoms with van der Waals surface area (Å²) in [5.41, 5.74) is 3.42. The lowest BCUT2D eigenvalue weighted by molar-refractivity contribution is -0.138. The summed E-state index contributed by atoms with van der Waals surface area (Å²) in [5.74, 6) is -1.33. The van der Waals surface area contributed by atoms with Crippen molar-refractivity contribution in [2.45, 2.75) is 18.7 Å². The summed E-state index contributed by atoms with van der Waals surface area (Å²) in [4.78, 5) is 10.9. The lowest BCUT2D eigenvalue weighted by Crippen LogP contribution is -2.12. The molecule has 3 aromatic rings. The highest BCUT2D eigenvalue weighted by Crippen LogP contribution is 2.29. The van der Waals surface area contributed by atoms with Crippen molar-refractivity contribution < 1.29 is 17.9 Å². The van der Waals surface area contributed by atoms with Crippen molar-refractivity contribution in [2.75, 3.05) is 5.94 Å². The van der Waals surface area contributed by atoms with E-state index in [0.717, 1.165) is 23.7 Å². The van der Waals surface area contributed by atoms with Crippen molar-refractivity contribution in [3.05, 3.63) is 65.4 Å². The van der Waals surface area contributed by atoms with Crippen LogP contribution in [0.4, 0.5) is 0 Å². The molecular weight excluding hydrogens is 388 g/mol. The third kappa shape index (κ3) is 4.37. The smallest absolute Gasteiger partial charge is 0.303 e. The molecule has 0 unspecified atom stereocenters. The number of sulfone groups is 1. The van der Waals surface area contributed by atoms with Gasteiger partial charge in [-0.15, -0.1) is 0 Å². The second kappa shape index (κ2) is 7.54. The van der Waals surface area contributed by atoms with Crippen LogP contribution >= 0.6 is 11.6 Å². The zero-order chi connectivity index (χ0) is 19.6. The first kappa shape index (κ1) is 19.1. The largest absolute Gasteiger partial charge is 0.449 e. The Morgan fingerprint density at radius 1 is 1.11 bits per heavy atom. The van der Waals surface area contributed by atoms with Gasteiger partial charge in [-0.3, -0.25) is 4.79 Å². The molecule has 2 aromatic carbocycles. The second-order valence-electron chi connectivity index (χ2n) is 6.01. The highest BCUT2D eigenvalue weighted by atomic mass is 35.5. The average Bonchev–Trinajstić information content (AvgIpc) is 3.02. The fourth-order valence-electron chi connectivity index (χ4n) is 2.45. The van der Waals surface area contributed by atoms with E-state index in [-0.39, 0.29) is 4.90 Å². The minimum absolute atomic E-state index is 0.0644. The number of aryl methyl sites for hydroxylation is 1. The number of hydrogen-bond acceptors (Lipinski definition) is 5. The van der Waals surface area contributed by atoms with E-state index in [9.17, 15) is 13.2 Å². The van der Waals surface area contributed by atoms with Crippen LogP contribution in [0.2, 0.25) is 5.15 Å². The maximum Gasteiger partial charge on any atom is 0.303 e. The highest BCUT2D eigenvalue weighted by Gasteiger charge is 2.17. The number of rotatable bonds is 5. The predicted molar refractivity (Wildman–Crippen MR) is 103 cm³/mol. The lowest BCUT2D eigenvalue weighted by atomic mass is 10.1. The monoisotopic (exact) mass is 404 g/mol. The van der Waals surface area contributed by atoms with Crippen molar-refractivity contribution in [3.8, 4) is 16.8 Å². The molecule has 0 bridgehead atoms. The van der Waals surface area contributed by atoms with Crippen molar-refractivity contribution in [1.29, 1.82) is 0 Å². The number of aromatic nitrogens is 2. The van der Waals surface area contributed by atoms with Crippen LogP contribution in [0.25, 0.3) is 16.8 Å². The first-order chi connectivity index (χ1) is 12.8. The van der Waals surface area contributed by atoms with Crippen LogP contribution in [-0.2, 0) is 19.4 Å². The highest BCUT2D eigenvalue weighted by molar-refractivity contribution is 7.91. The van der Waals surface area contributed by atoms with E-state index in [1.54, 1.807) is 23.0 Å². The van der Waals surface area contributed by atoms with Crippen LogP contribution in [0.15, 0.2) is 59.6 Å². The topological polar surface area (TPSA) is 78.3 Å². The van der Waals surface area contributed by atoms with Crippen LogP contribution in [0, 0.1) is 6.92 Å². The molecule has 0 amide bonds. The van der Waals surface area contributed by atoms with E-state index >= 15 is 0 Å². The van der Waals surface area contributed by atoms with Gasteiger partial charge < -0.3 is 4.74 Å². The van der Waals surface area contributed by atoms with Crippen LogP contribution in [0.5, 0.6) is 0 Å². The summed E-state index contributed by atoms with van der Waals surface area (Å²) in [6.07, 6.45) is 1.79. The van der Waals surface area contributed by atoms with Gasteiger partial charge in [0, 0.05) is 18.7 Å². The van der Waals surface area contributed by atoms with Gasteiger partial charge in [-0.1, -0.05) is 41.4 Å². The Hall–Kier alpha value is -2.64.